The molecule has 0 aromatic heterocycles. The van der Waals surface area contributed by atoms with Crippen LogP contribution in [0.4, 0.5) is 5.69 Å². The summed E-state index contributed by atoms with van der Waals surface area (Å²) >= 11 is 0. The molecule has 0 spiro atoms. The Labute approximate surface area is 192 Å². The van der Waals surface area contributed by atoms with Gasteiger partial charge in [0.2, 0.25) is 5.91 Å². The highest BCUT2D eigenvalue weighted by atomic mass is 16.5. The number of β-lactam (4-membered cyclic amide) rings is 1. The number of ether oxygens (including phenoxy) is 1. The number of methoxy groups -OCH3 is 1. The predicted octanol–water partition coefficient (Wildman–Crippen LogP) is 6.76. The van der Waals surface area contributed by atoms with Crippen LogP contribution < -0.4 is 9.64 Å². The number of carbonyl (C=O) groups excluding carboxylic acids is 1. The molecule has 1 heterocycles. The summed E-state index contributed by atoms with van der Waals surface area (Å²) in [5.74, 6) is 1.09. The van der Waals surface area contributed by atoms with Gasteiger partial charge in [0.05, 0.1) is 19.1 Å². The van der Waals surface area contributed by atoms with Crippen LogP contribution in [0.15, 0.2) is 78.9 Å². The normalized spacial score (nSPS) is 17.8. The van der Waals surface area contributed by atoms with Crippen molar-refractivity contribution in [2.24, 2.45) is 5.92 Å². The van der Waals surface area contributed by atoms with Crippen molar-refractivity contribution in [3.63, 3.8) is 0 Å². The highest BCUT2D eigenvalue weighted by molar-refractivity contribution is 6.03. The van der Waals surface area contributed by atoms with E-state index < -0.39 is 0 Å². The molecule has 0 radical (unpaired) electrons. The second-order valence-electron chi connectivity index (χ2n) is 8.68. The first-order chi connectivity index (χ1) is 15.7. The predicted molar refractivity (Wildman–Crippen MR) is 131 cm³/mol. The Bertz CT molecular complexity index is 996. The summed E-state index contributed by atoms with van der Waals surface area (Å²) in [5, 5.41) is 0. The lowest BCUT2D eigenvalue weighted by Crippen LogP contribution is -2.55. The second kappa shape index (κ2) is 10.5. The largest absolute Gasteiger partial charge is 0.497 e. The number of rotatable bonds is 10. The smallest absolute Gasteiger partial charge is 0.233 e. The van der Waals surface area contributed by atoms with E-state index in [4.69, 9.17) is 4.74 Å². The van der Waals surface area contributed by atoms with Crippen molar-refractivity contribution < 1.29 is 9.53 Å². The zero-order valence-electron chi connectivity index (χ0n) is 19.2. The van der Waals surface area contributed by atoms with E-state index in [2.05, 4.69) is 43.3 Å². The summed E-state index contributed by atoms with van der Waals surface area (Å²) in [5.41, 5.74) is 4.91. The fourth-order valence-electron chi connectivity index (χ4n) is 4.67. The van der Waals surface area contributed by atoms with Gasteiger partial charge in [-0.15, -0.1) is 0 Å². The summed E-state index contributed by atoms with van der Waals surface area (Å²) in [4.78, 5) is 15.1. The number of amides is 1. The van der Waals surface area contributed by atoms with Crippen LogP contribution in [-0.4, -0.2) is 13.0 Å². The van der Waals surface area contributed by atoms with Gasteiger partial charge in [0.15, 0.2) is 0 Å². The SMILES string of the molecule is CCCCc1ccc(CCC[C@H]2C(=O)N(c3ccccc3)[C@@H]2c2ccc(OC)cc2)cc1. The van der Waals surface area contributed by atoms with Gasteiger partial charge in [-0.05, 0) is 73.1 Å². The van der Waals surface area contributed by atoms with Gasteiger partial charge in [-0.1, -0.05) is 67.9 Å². The molecule has 3 aromatic rings. The summed E-state index contributed by atoms with van der Waals surface area (Å²) in [6.07, 6.45) is 6.56. The second-order valence-corrected chi connectivity index (χ2v) is 8.68. The van der Waals surface area contributed by atoms with Crippen molar-refractivity contribution in [2.45, 2.75) is 51.5 Å². The van der Waals surface area contributed by atoms with Gasteiger partial charge >= 0.3 is 0 Å². The topological polar surface area (TPSA) is 29.5 Å². The van der Waals surface area contributed by atoms with Crippen molar-refractivity contribution in [1.29, 1.82) is 0 Å². The monoisotopic (exact) mass is 427 g/mol. The molecule has 0 bridgehead atoms. The fraction of sp³-hybridized carbons (Fsp3) is 0.345. The first-order valence-corrected chi connectivity index (χ1v) is 11.8. The molecule has 1 saturated heterocycles. The molecular formula is C29H33NO2. The van der Waals surface area contributed by atoms with E-state index in [-0.39, 0.29) is 17.9 Å². The average molecular weight is 428 g/mol. The third kappa shape index (κ3) is 4.88. The molecule has 2 atom stereocenters. The van der Waals surface area contributed by atoms with E-state index in [0.717, 1.165) is 37.1 Å². The molecule has 32 heavy (non-hydrogen) atoms. The van der Waals surface area contributed by atoms with Crippen LogP contribution in [0.25, 0.3) is 0 Å². The zero-order chi connectivity index (χ0) is 22.3. The fourth-order valence-corrected chi connectivity index (χ4v) is 4.67. The molecule has 1 aliphatic rings. The highest BCUT2D eigenvalue weighted by Crippen LogP contribution is 2.45. The minimum absolute atomic E-state index is 0.0208. The number of carbonyl (C=O) groups is 1. The number of anilines is 1. The van der Waals surface area contributed by atoms with Gasteiger partial charge in [0, 0.05) is 5.69 Å². The minimum atomic E-state index is 0.0208. The lowest BCUT2D eigenvalue weighted by Gasteiger charge is -2.47. The van der Waals surface area contributed by atoms with Gasteiger partial charge in [-0.2, -0.15) is 0 Å². The first kappa shape index (κ1) is 22.1. The van der Waals surface area contributed by atoms with Crippen LogP contribution >= 0.6 is 0 Å². The molecule has 0 aliphatic carbocycles. The van der Waals surface area contributed by atoms with Crippen LogP contribution in [0.2, 0.25) is 0 Å². The summed E-state index contributed by atoms with van der Waals surface area (Å²) in [6.45, 7) is 2.23. The van der Waals surface area contributed by atoms with E-state index in [9.17, 15) is 4.79 Å². The Morgan fingerprint density at radius 2 is 1.44 bits per heavy atom. The molecular weight excluding hydrogens is 394 g/mol. The van der Waals surface area contributed by atoms with Gasteiger partial charge in [0.1, 0.15) is 5.75 Å². The Balaban J connectivity index is 1.43. The highest BCUT2D eigenvalue weighted by Gasteiger charge is 2.48. The Morgan fingerprint density at radius 3 is 2.03 bits per heavy atom. The molecule has 4 rings (SSSR count). The van der Waals surface area contributed by atoms with Crippen molar-refractivity contribution in [1.82, 2.24) is 0 Å². The zero-order valence-corrected chi connectivity index (χ0v) is 19.2. The molecule has 1 amide bonds. The Hall–Kier alpha value is -3.07. The maximum absolute atomic E-state index is 13.2. The molecule has 3 heteroatoms. The van der Waals surface area contributed by atoms with Crippen LogP contribution in [0.5, 0.6) is 5.75 Å². The van der Waals surface area contributed by atoms with E-state index >= 15 is 0 Å². The lowest BCUT2D eigenvalue weighted by molar-refractivity contribution is -0.130. The van der Waals surface area contributed by atoms with Crippen molar-refractivity contribution in [3.05, 3.63) is 95.6 Å². The molecule has 0 unspecified atom stereocenters. The van der Waals surface area contributed by atoms with E-state index in [1.54, 1.807) is 7.11 Å². The molecule has 1 aliphatic heterocycles. The van der Waals surface area contributed by atoms with Crippen molar-refractivity contribution >= 4 is 11.6 Å². The number of benzene rings is 3. The molecule has 0 N–H and O–H groups in total. The maximum atomic E-state index is 13.2. The van der Waals surface area contributed by atoms with Gasteiger partial charge < -0.3 is 9.64 Å². The van der Waals surface area contributed by atoms with Crippen molar-refractivity contribution in [3.8, 4) is 5.75 Å². The number of hydrogen-bond donors (Lipinski definition) is 0. The van der Waals surface area contributed by atoms with Crippen LogP contribution in [0.1, 0.15) is 55.3 Å². The number of unbranched alkanes of at least 4 members (excludes halogenated alkanes) is 1. The van der Waals surface area contributed by atoms with Gasteiger partial charge in [0.25, 0.3) is 0 Å². The minimum Gasteiger partial charge on any atom is -0.497 e. The lowest BCUT2D eigenvalue weighted by atomic mass is 9.78. The number of hydrogen-bond acceptors (Lipinski definition) is 2. The summed E-state index contributed by atoms with van der Waals surface area (Å²) in [7, 11) is 1.68. The maximum Gasteiger partial charge on any atom is 0.233 e. The van der Waals surface area contributed by atoms with Crippen LogP contribution in [0, 0.1) is 5.92 Å². The number of nitrogens with zero attached hydrogens (tertiary/aromatic N) is 1. The number of aryl methyl sites for hydroxylation is 2. The molecule has 3 aromatic carbocycles. The number of para-hydroxylation sites is 1. The molecule has 166 valence electrons. The van der Waals surface area contributed by atoms with Crippen LogP contribution in [0.3, 0.4) is 0 Å². The van der Waals surface area contributed by atoms with E-state index in [1.807, 2.05) is 47.4 Å². The quantitative estimate of drug-likeness (QED) is 0.334. The summed E-state index contributed by atoms with van der Waals surface area (Å²) < 4.78 is 5.32. The molecule has 3 nitrogen and oxygen atoms in total. The molecule has 1 fully saturated rings. The summed E-state index contributed by atoms with van der Waals surface area (Å²) in [6, 6.07) is 27.3. The third-order valence-electron chi connectivity index (χ3n) is 6.53. The van der Waals surface area contributed by atoms with Gasteiger partial charge in [-0.3, -0.25) is 4.79 Å². The van der Waals surface area contributed by atoms with E-state index in [1.165, 1.54) is 29.5 Å². The first-order valence-electron chi connectivity index (χ1n) is 11.8. The standard InChI is InChI=1S/C29H33NO2/c1-3-4-9-22-14-16-23(17-15-22)10-8-13-27-28(24-18-20-26(32-2)21-19-24)30(29(27)31)25-11-6-5-7-12-25/h5-7,11-12,14-21,27-28H,3-4,8-10,13H2,1-2H3/t27-,28-/m1/s1. The Morgan fingerprint density at radius 1 is 0.812 bits per heavy atom. The van der Waals surface area contributed by atoms with E-state index in [0.29, 0.717) is 0 Å². The van der Waals surface area contributed by atoms with Gasteiger partial charge in [-0.25, -0.2) is 0 Å². The van der Waals surface area contributed by atoms with Crippen molar-refractivity contribution in [2.75, 3.05) is 12.0 Å². The molecule has 0 saturated carbocycles. The third-order valence-corrected chi connectivity index (χ3v) is 6.53. The van der Waals surface area contributed by atoms with Crippen LogP contribution in [-0.2, 0) is 17.6 Å². The average Bonchev–Trinajstić information content (AvgIpc) is 2.85. The Kier molecular flexibility index (Phi) is 7.26.